The topological polar surface area (TPSA) is 59.8 Å². The van der Waals surface area contributed by atoms with Gasteiger partial charge in [-0.15, -0.1) is 10.2 Å². The van der Waals surface area contributed by atoms with Gasteiger partial charge >= 0.3 is 0 Å². The van der Waals surface area contributed by atoms with Gasteiger partial charge in [0.1, 0.15) is 5.82 Å². The van der Waals surface area contributed by atoms with Crippen LogP contribution in [0.3, 0.4) is 0 Å². The zero-order valence-electron chi connectivity index (χ0n) is 16.7. The highest BCUT2D eigenvalue weighted by Gasteiger charge is 2.16. The maximum Gasteiger partial charge on any atom is 0.230 e. The summed E-state index contributed by atoms with van der Waals surface area (Å²) in [5, 5.41) is 13.0. The predicted octanol–water partition coefficient (Wildman–Crippen LogP) is 4.92. The summed E-state index contributed by atoms with van der Waals surface area (Å²) < 4.78 is 1.97. The Morgan fingerprint density at radius 3 is 2.32 bits per heavy atom. The van der Waals surface area contributed by atoms with Crippen LogP contribution in [0.4, 0.5) is 0 Å². The second-order valence-corrected chi connectivity index (χ2v) is 8.31. The van der Waals surface area contributed by atoms with E-state index in [4.69, 9.17) is 11.6 Å². The Morgan fingerprint density at radius 1 is 0.903 bits per heavy atom. The molecule has 4 aromatic rings. The molecular weight excluding hydrogens is 428 g/mol. The average molecular weight is 449 g/mol. The molecule has 1 heterocycles. The lowest BCUT2D eigenvalue weighted by Crippen LogP contribution is -2.24. The molecule has 0 aliphatic carbocycles. The minimum Gasteiger partial charge on any atom is -0.351 e. The molecule has 7 heteroatoms. The molecule has 0 fully saturated rings. The summed E-state index contributed by atoms with van der Waals surface area (Å²) in [5.74, 6) is 0.983. The number of hydrogen-bond donors (Lipinski definition) is 1. The second kappa shape index (κ2) is 10.3. The van der Waals surface area contributed by atoms with Crippen molar-refractivity contribution in [3.8, 4) is 5.69 Å². The zero-order chi connectivity index (χ0) is 21.5. The van der Waals surface area contributed by atoms with E-state index < -0.39 is 0 Å². The van der Waals surface area contributed by atoms with Crippen LogP contribution in [-0.4, -0.2) is 26.4 Å². The van der Waals surface area contributed by atoms with Crippen LogP contribution in [0.1, 0.15) is 17.0 Å². The van der Waals surface area contributed by atoms with Gasteiger partial charge in [-0.3, -0.25) is 9.36 Å². The third-order valence-corrected chi connectivity index (χ3v) is 5.80. The van der Waals surface area contributed by atoms with Gasteiger partial charge in [-0.05, 0) is 29.3 Å². The van der Waals surface area contributed by atoms with Gasteiger partial charge in [-0.1, -0.05) is 90.1 Å². The van der Waals surface area contributed by atoms with Gasteiger partial charge in [-0.25, -0.2) is 0 Å². The molecular formula is C24H21ClN4OS. The maximum absolute atomic E-state index is 12.4. The minimum atomic E-state index is -0.0564. The standard InChI is InChI=1S/C24H21ClN4OS/c25-20-12-7-13-21(15-20)29-22(14-18-8-3-1-4-9-18)27-28-24(29)31-17-23(30)26-16-19-10-5-2-6-11-19/h1-13,15H,14,16-17H2,(H,26,30). The van der Waals surface area contributed by atoms with Gasteiger partial charge in [0.15, 0.2) is 5.16 Å². The van der Waals surface area contributed by atoms with Crippen molar-refractivity contribution in [1.29, 1.82) is 0 Å². The first-order valence-electron chi connectivity index (χ1n) is 9.86. The molecule has 0 saturated carbocycles. The summed E-state index contributed by atoms with van der Waals surface area (Å²) in [7, 11) is 0. The van der Waals surface area contributed by atoms with Crippen molar-refractivity contribution in [1.82, 2.24) is 20.1 Å². The lowest BCUT2D eigenvalue weighted by atomic mass is 10.1. The number of thioether (sulfide) groups is 1. The molecule has 0 aliphatic rings. The minimum absolute atomic E-state index is 0.0564. The first-order chi connectivity index (χ1) is 15.2. The Bertz CT molecular complexity index is 1150. The fourth-order valence-electron chi connectivity index (χ4n) is 3.14. The fourth-order valence-corrected chi connectivity index (χ4v) is 4.12. The van der Waals surface area contributed by atoms with Crippen molar-refractivity contribution in [2.45, 2.75) is 18.1 Å². The summed E-state index contributed by atoms with van der Waals surface area (Å²) in [6, 6.07) is 27.5. The molecule has 156 valence electrons. The maximum atomic E-state index is 12.4. The summed E-state index contributed by atoms with van der Waals surface area (Å²) in [5.41, 5.74) is 3.07. The lowest BCUT2D eigenvalue weighted by Gasteiger charge is -2.11. The largest absolute Gasteiger partial charge is 0.351 e. The van der Waals surface area contributed by atoms with Crippen LogP contribution >= 0.6 is 23.4 Å². The molecule has 0 saturated heterocycles. The van der Waals surface area contributed by atoms with Crippen molar-refractivity contribution in [2.24, 2.45) is 0 Å². The Balaban J connectivity index is 1.50. The van der Waals surface area contributed by atoms with Crippen molar-refractivity contribution < 1.29 is 4.79 Å². The summed E-state index contributed by atoms with van der Waals surface area (Å²) in [6.07, 6.45) is 0.626. The highest BCUT2D eigenvalue weighted by Crippen LogP contribution is 2.25. The Morgan fingerprint density at radius 2 is 1.61 bits per heavy atom. The van der Waals surface area contributed by atoms with Crippen LogP contribution in [-0.2, 0) is 17.8 Å². The van der Waals surface area contributed by atoms with Crippen LogP contribution < -0.4 is 5.32 Å². The molecule has 0 unspecified atom stereocenters. The first kappa shape index (κ1) is 21.2. The number of benzene rings is 3. The van der Waals surface area contributed by atoms with Crippen molar-refractivity contribution in [3.63, 3.8) is 0 Å². The van der Waals surface area contributed by atoms with Gasteiger partial charge in [0.2, 0.25) is 5.91 Å². The molecule has 0 aliphatic heterocycles. The summed E-state index contributed by atoms with van der Waals surface area (Å²) in [4.78, 5) is 12.4. The molecule has 3 aromatic carbocycles. The van der Waals surface area contributed by atoms with Gasteiger partial charge in [0.05, 0.1) is 11.4 Å². The Kier molecular flexibility index (Phi) is 7.02. The molecule has 1 amide bonds. The summed E-state index contributed by atoms with van der Waals surface area (Å²) in [6.45, 7) is 0.500. The summed E-state index contributed by atoms with van der Waals surface area (Å²) >= 11 is 7.59. The SMILES string of the molecule is O=C(CSc1nnc(Cc2ccccc2)n1-c1cccc(Cl)c1)NCc1ccccc1. The number of carbonyl (C=O) groups excluding carboxylic acids is 1. The molecule has 0 spiro atoms. The van der Waals surface area contributed by atoms with Crippen LogP contribution in [0.15, 0.2) is 90.1 Å². The normalized spacial score (nSPS) is 10.7. The number of nitrogens with zero attached hydrogens (tertiary/aromatic N) is 3. The molecule has 0 radical (unpaired) electrons. The van der Waals surface area contributed by atoms with E-state index in [-0.39, 0.29) is 11.7 Å². The highest BCUT2D eigenvalue weighted by molar-refractivity contribution is 7.99. The zero-order valence-corrected chi connectivity index (χ0v) is 18.3. The number of nitrogens with one attached hydrogen (secondary N) is 1. The van der Waals surface area contributed by atoms with E-state index in [9.17, 15) is 4.79 Å². The van der Waals surface area contributed by atoms with Crippen LogP contribution in [0, 0.1) is 0 Å². The van der Waals surface area contributed by atoms with E-state index in [0.717, 1.165) is 22.6 Å². The highest BCUT2D eigenvalue weighted by atomic mass is 35.5. The van der Waals surface area contributed by atoms with Gasteiger partial charge in [0, 0.05) is 18.0 Å². The van der Waals surface area contributed by atoms with Gasteiger partial charge < -0.3 is 5.32 Å². The van der Waals surface area contributed by atoms with Crippen molar-refractivity contribution in [3.05, 3.63) is 107 Å². The van der Waals surface area contributed by atoms with E-state index in [2.05, 4.69) is 27.6 Å². The van der Waals surface area contributed by atoms with E-state index in [1.807, 2.05) is 77.4 Å². The average Bonchev–Trinajstić information content (AvgIpc) is 3.20. The van der Waals surface area contributed by atoms with E-state index >= 15 is 0 Å². The predicted molar refractivity (Wildman–Crippen MR) is 125 cm³/mol. The smallest absolute Gasteiger partial charge is 0.230 e. The van der Waals surface area contributed by atoms with Crippen molar-refractivity contribution >= 4 is 29.3 Å². The first-order valence-corrected chi connectivity index (χ1v) is 11.2. The number of aromatic nitrogens is 3. The number of carbonyl (C=O) groups is 1. The van der Waals surface area contributed by atoms with Crippen molar-refractivity contribution in [2.75, 3.05) is 5.75 Å². The number of rotatable bonds is 8. The Hall–Kier alpha value is -3.09. The molecule has 0 bridgehead atoms. The monoisotopic (exact) mass is 448 g/mol. The van der Waals surface area contributed by atoms with E-state index in [1.54, 1.807) is 0 Å². The third-order valence-electron chi connectivity index (χ3n) is 4.64. The molecule has 1 aromatic heterocycles. The molecule has 4 rings (SSSR count). The van der Waals surface area contributed by atoms with Crippen LogP contribution in [0.5, 0.6) is 0 Å². The third kappa shape index (κ3) is 5.75. The molecule has 31 heavy (non-hydrogen) atoms. The number of halogens is 1. The molecule has 1 N–H and O–H groups in total. The van der Waals surface area contributed by atoms with Crippen LogP contribution in [0.2, 0.25) is 5.02 Å². The quantitative estimate of drug-likeness (QED) is 0.389. The van der Waals surface area contributed by atoms with Gasteiger partial charge in [-0.2, -0.15) is 0 Å². The van der Waals surface area contributed by atoms with Crippen LogP contribution in [0.25, 0.3) is 5.69 Å². The van der Waals surface area contributed by atoms with E-state index in [0.29, 0.717) is 23.1 Å². The molecule has 5 nitrogen and oxygen atoms in total. The number of amides is 1. The van der Waals surface area contributed by atoms with E-state index in [1.165, 1.54) is 11.8 Å². The second-order valence-electron chi connectivity index (χ2n) is 6.93. The van der Waals surface area contributed by atoms with Gasteiger partial charge in [0.25, 0.3) is 0 Å². The number of hydrogen-bond acceptors (Lipinski definition) is 4. The molecule has 0 atom stereocenters. The Labute approximate surface area is 190 Å². The lowest BCUT2D eigenvalue weighted by molar-refractivity contribution is -0.118. The fraction of sp³-hybridized carbons (Fsp3) is 0.125.